The third-order valence-corrected chi connectivity index (χ3v) is 3.35. The zero-order valence-electron chi connectivity index (χ0n) is 13.9. The van der Waals surface area contributed by atoms with E-state index in [4.69, 9.17) is 4.74 Å². The molecule has 2 rings (SSSR count). The van der Waals surface area contributed by atoms with Crippen molar-refractivity contribution in [3.05, 3.63) is 65.7 Å². The van der Waals surface area contributed by atoms with Crippen LogP contribution in [0.2, 0.25) is 0 Å². The highest BCUT2D eigenvalue weighted by Crippen LogP contribution is 2.13. The van der Waals surface area contributed by atoms with Crippen molar-refractivity contribution in [2.45, 2.75) is 0 Å². The van der Waals surface area contributed by atoms with Crippen molar-refractivity contribution in [1.29, 1.82) is 0 Å². The molecule has 0 aromatic heterocycles. The quantitative estimate of drug-likeness (QED) is 0.860. The maximum atomic E-state index is 11.9. The zero-order valence-corrected chi connectivity index (χ0v) is 13.9. The molecule has 2 aromatic rings. The molecule has 0 fully saturated rings. The number of rotatable bonds is 5. The molecular weight excluding hydrogens is 304 g/mol. The second-order valence-corrected chi connectivity index (χ2v) is 5.37. The van der Waals surface area contributed by atoms with Gasteiger partial charge in [-0.3, -0.25) is 9.59 Å². The summed E-state index contributed by atoms with van der Waals surface area (Å²) in [5.74, 6) is 0.453. The van der Waals surface area contributed by atoms with E-state index in [1.54, 1.807) is 51.5 Å². The largest absolute Gasteiger partial charge is 0.497 e. The van der Waals surface area contributed by atoms with E-state index in [1.807, 2.05) is 24.3 Å². The molecular formula is C19H20N2O3. The van der Waals surface area contributed by atoms with Gasteiger partial charge in [-0.05, 0) is 48.0 Å². The van der Waals surface area contributed by atoms with Crippen molar-refractivity contribution >= 4 is 23.6 Å². The van der Waals surface area contributed by atoms with Crippen LogP contribution in [0.25, 0.3) is 6.08 Å². The van der Waals surface area contributed by atoms with Crippen molar-refractivity contribution in [3.63, 3.8) is 0 Å². The molecule has 0 spiro atoms. The van der Waals surface area contributed by atoms with E-state index in [-0.39, 0.29) is 11.8 Å². The lowest BCUT2D eigenvalue weighted by molar-refractivity contribution is -0.111. The maximum Gasteiger partial charge on any atom is 0.253 e. The van der Waals surface area contributed by atoms with Gasteiger partial charge < -0.3 is 15.0 Å². The predicted molar refractivity (Wildman–Crippen MR) is 95.1 cm³/mol. The van der Waals surface area contributed by atoms with E-state index in [9.17, 15) is 9.59 Å². The van der Waals surface area contributed by atoms with Crippen molar-refractivity contribution < 1.29 is 14.3 Å². The molecule has 1 N–H and O–H groups in total. The number of ether oxygens (including phenoxy) is 1. The first-order chi connectivity index (χ1) is 11.5. The zero-order chi connectivity index (χ0) is 17.5. The Morgan fingerprint density at radius 1 is 1.00 bits per heavy atom. The van der Waals surface area contributed by atoms with Gasteiger partial charge in [-0.15, -0.1) is 0 Å². The number of hydrogen-bond donors (Lipinski definition) is 1. The standard InChI is InChI=1S/C19H20N2O3/c1-21(2)19(23)15-7-9-16(10-8-15)20-18(22)13-6-14-4-11-17(24-3)12-5-14/h4-13H,1-3H3,(H,20,22)/b13-6+. The second-order valence-electron chi connectivity index (χ2n) is 5.37. The van der Waals surface area contributed by atoms with Gasteiger partial charge in [-0.1, -0.05) is 12.1 Å². The first kappa shape index (κ1) is 17.3. The molecule has 0 saturated heterocycles. The molecule has 0 heterocycles. The van der Waals surface area contributed by atoms with Gasteiger partial charge in [-0.2, -0.15) is 0 Å². The SMILES string of the molecule is COc1ccc(/C=C/C(=O)Nc2ccc(C(=O)N(C)C)cc2)cc1. The fraction of sp³-hybridized carbons (Fsp3) is 0.158. The summed E-state index contributed by atoms with van der Waals surface area (Å²) in [5, 5.41) is 2.75. The molecule has 124 valence electrons. The van der Waals surface area contributed by atoms with Crippen LogP contribution >= 0.6 is 0 Å². The summed E-state index contributed by atoms with van der Waals surface area (Å²) in [6, 6.07) is 14.2. The Kier molecular flexibility index (Phi) is 5.73. The van der Waals surface area contributed by atoms with Crippen molar-refractivity contribution in [2.75, 3.05) is 26.5 Å². The topological polar surface area (TPSA) is 58.6 Å². The van der Waals surface area contributed by atoms with Crippen LogP contribution in [0, 0.1) is 0 Å². The van der Waals surface area contributed by atoms with Crippen LogP contribution < -0.4 is 10.1 Å². The molecule has 0 aliphatic carbocycles. The molecule has 0 bridgehead atoms. The number of methoxy groups -OCH3 is 1. The Labute approximate surface area is 141 Å². The van der Waals surface area contributed by atoms with Gasteiger partial charge in [0.1, 0.15) is 5.75 Å². The van der Waals surface area contributed by atoms with Gasteiger partial charge in [0.15, 0.2) is 0 Å². The molecule has 2 aromatic carbocycles. The summed E-state index contributed by atoms with van der Waals surface area (Å²) in [6.07, 6.45) is 3.18. The van der Waals surface area contributed by atoms with Crippen molar-refractivity contribution in [3.8, 4) is 5.75 Å². The Morgan fingerprint density at radius 3 is 2.17 bits per heavy atom. The molecule has 0 atom stereocenters. The van der Waals surface area contributed by atoms with Crippen LogP contribution in [0.15, 0.2) is 54.6 Å². The van der Waals surface area contributed by atoms with Crippen LogP contribution in [0.4, 0.5) is 5.69 Å². The molecule has 24 heavy (non-hydrogen) atoms. The molecule has 2 amide bonds. The monoisotopic (exact) mass is 324 g/mol. The third-order valence-electron chi connectivity index (χ3n) is 3.35. The molecule has 0 aliphatic rings. The highest BCUT2D eigenvalue weighted by Gasteiger charge is 2.07. The summed E-state index contributed by atoms with van der Waals surface area (Å²) in [4.78, 5) is 25.2. The van der Waals surface area contributed by atoms with E-state index in [1.165, 1.54) is 11.0 Å². The molecule has 5 heteroatoms. The molecule has 5 nitrogen and oxygen atoms in total. The van der Waals surface area contributed by atoms with Crippen molar-refractivity contribution in [2.24, 2.45) is 0 Å². The van der Waals surface area contributed by atoms with Gasteiger partial charge in [0.2, 0.25) is 5.91 Å². The normalized spacial score (nSPS) is 10.5. The number of nitrogens with one attached hydrogen (secondary N) is 1. The number of amides is 2. The highest BCUT2D eigenvalue weighted by atomic mass is 16.5. The van der Waals surface area contributed by atoms with Gasteiger partial charge in [-0.25, -0.2) is 0 Å². The van der Waals surface area contributed by atoms with Gasteiger partial charge in [0.25, 0.3) is 5.91 Å². The van der Waals surface area contributed by atoms with E-state index in [0.29, 0.717) is 11.3 Å². The smallest absolute Gasteiger partial charge is 0.253 e. The Bertz CT molecular complexity index is 732. The average molecular weight is 324 g/mol. The highest BCUT2D eigenvalue weighted by molar-refractivity contribution is 6.02. The van der Waals surface area contributed by atoms with E-state index in [0.717, 1.165) is 11.3 Å². The summed E-state index contributed by atoms with van der Waals surface area (Å²) in [6.45, 7) is 0. The lowest BCUT2D eigenvalue weighted by Crippen LogP contribution is -2.21. The number of carbonyl (C=O) groups is 2. The van der Waals surface area contributed by atoms with Crippen LogP contribution in [0.5, 0.6) is 5.75 Å². The second kappa shape index (κ2) is 7.97. The Morgan fingerprint density at radius 2 is 1.62 bits per heavy atom. The summed E-state index contributed by atoms with van der Waals surface area (Å²) < 4.78 is 5.08. The first-order valence-electron chi connectivity index (χ1n) is 7.44. The average Bonchev–Trinajstić information content (AvgIpc) is 2.60. The van der Waals surface area contributed by atoms with E-state index >= 15 is 0 Å². The van der Waals surface area contributed by atoms with Gasteiger partial charge in [0, 0.05) is 31.4 Å². The maximum absolute atomic E-state index is 11.9. The summed E-state index contributed by atoms with van der Waals surface area (Å²) in [7, 11) is 5.00. The third kappa shape index (κ3) is 4.71. The number of nitrogens with zero attached hydrogens (tertiary/aromatic N) is 1. The Hall–Kier alpha value is -3.08. The lowest BCUT2D eigenvalue weighted by Gasteiger charge is -2.10. The number of benzene rings is 2. The Balaban J connectivity index is 1.96. The van der Waals surface area contributed by atoms with Gasteiger partial charge in [0.05, 0.1) is 7.11 Å². The minimum atomic E-state index is -0.238. The van der Waals surface area contributed by atoms with Crippen LogP contribution in [-0.4, -0.2) is 37.9 Å². The molecule has 0 aliphatic heterocycles. The minimum Gasteiger partial charge on any atom is -0.497 e. The lowest BCUT2D eigenvalue weighted by atomic mass is 10.2. The minimum absolute atomic E-state index is 0.0766. The number of anilines is 1. The number of hydrogen-bond acceptors (Lipinski definition) is 3. The van der Waals surface area contributed by atoms with E-state index < -0.39 is 0 Å². The first-order valence-corrected chi connectivity index (χ1v) is 7.44. The summed E-state index contributed by atoms with van der Waals surface area (Å²) in [5.41, 5.74) is 2.11. The molecule has 0 saturated carbocycles. The fourth-order valence-electron chi connectivity index (χ4n) is 2.03. The van der Waals surface area contributed by atoms with Crippen LogP contribution in [-0.2, 0) is 4.79 Å². The summed E-state index contributed by atoms with van der Waals surface area (Å²) >= 11 is 0. The molecule has 0 unspecified atom stereocenters. The van der Waals surface area contributed by atoms with Crippen molar-refractivity contribution in [1.82, 2.24) is 4.90 Å². The predicted octanol–water partition coefficient (Wildman–Crippen LogP) is 3.05. The fourth-order valence-corrected chi connectivity index (χ4v) is 2.03. The molecule has 0 radical (unpaired) electrons. The van der Waals surface area contributed by atoms with E-state index in [2.05, 4.69) is 5.32 Å². The number of carbonyl (C=O) groups excluding carboxylic acids is 2. The van der Waals surface area contributed by atoms with Crippen LogP contribution in [0.1, 0.15) is 15.9 Å². The van der Waals surface area contributed by atoms with Crippen LogP contribution in [0.3, 0.4) is 0 Å². The van der Waals surface area contributed by atoms with Gasteiger partial charge >= 0.3 is 0 Å².